The average molecular weight is 472 g/mol. The van der Waals surface area contributed by atoms with Crippen LogP contribution in [0.25, 0.3) is 0 Å². The van der Waals surface area contributed by atoms with Crippen molar-refractivity contribution in [1.29, 1.82) is 0 Å². The molecule has 188 valence electrons. The zero-order chi connectivity index (χ0) is 24.6. The van der Waals surface area contributed by atoms with E-state index < -0.39 is 0 Å². The fourth-order valence-corrected chi connectivity index (χ4v) is 4.71. The highest BCUT2D eigenvalue weighted by atomic mass is 16.6. The van der Waals surface area contributed by atoms with Crippen LogP contribution in [0.1, 0.15) is 108 Å². The number of hydrogen-bond donors (Lipinski definition) is 1. The predicted octanol–water partition coefficient (Wildman–Crippen LogP) is 6.01. The van der Waals surface area contributed by atoms with Crippen LogP contribution in [-0.4, -0.2) is 29.8 Å². The van der Waals surface area contributed by atoms with Crippen molar-refractivity contribution in [3.05, 3.63) is 23.8 Å². The van der Waals surface area contributed by atoms with Crippen LogP contribution in [0.2, 0.25) is 0 Å². The molecule has 0 atom stereocenters. The van der Waals surface area contributed by atoms with E-state index in [0.29, 0.717) is 5.56 Å². The summed E-state index contributed by atoms with van der Waals surface area (Å²) in [5.74, 6) is -0.592. The molecule has 34 heavy (non-hydrogen) atoms. The molecule has 0 spiro atoms. The van der Waals surface area contributed by atoms with Gasteiger partial charge in [-0.1, -0.05) is 51.4 Å². The van der Waals surface area contributed by atoms with E-state index in [-0.39, 0.29) is 53.1 Å². The van der Waals surface area contributed by atoms with E-state index in [1.165, 1.54) is 0 Å². The Kier molecular flexibility index (Phi) is 9.69. The van der Waals surface area contributed by atoms with Crippen LogP contribution in [0, 0.1) is 11.8 Å². The predicted molar refractivity (Wildman–Crippen MR) is 132 cm³/mol. The van der Waals surface area contributed by atoms with Crippen LogP contribution in [0.3, 0.4) is 0 Å². The summed E-state index contributed by atoms with van der Waals surface area (Å²) in [5, 5.41) is 3.19. The third kappa shape index (κ3) is 8.23. The molecule has 3 rings (SSSR count). The van der Waals surface area contributed by atoms with Gasteiger partial charge in [-0.05, 0) is 64.7 Å². The maximum absolute atomic E-state index is 13.0. The quantitative estimate of drug-likeness (QED) is 0.227. The Labute approximate surface area is 204 Å². The van der Waals surface area contributed by atoms with Crippen molar-refractivity contribution in [3.63, 3.8) is 0 Å². The molecule has 0 heterocycles. The SMILES string of the molecule is CC(C)(C)NCC(=O)c1ccc(OC(=O)C2CCCCCC2)c(OC(=O)C2CCCCCC2)c1. The number of esters is 2. The number of nitrogens with one attached hydrogen (secondary N) is 1. The van der Waals surface area contributed by atoms with Gasteiger partial charge in [-0.2, -0.15) is 0 Å². The summed E-state index contributed by atoms with van der Waals surface area (Å²) >= 11 is 0. The largest absolute Gasteiger partial charge is 0.422 e. The second-order valence-electron chi connectivity index (χ2n) is 10.9. The van der Waals surface area contributed by atoms with E-state index in [1.54, 1.807) is 18.2 Å². The van der Waals surface area contributed by atoms with Crippen molar-refractivity contribution in [2.45, 2.75) is 103 Å². The molecule has 2 saturated carbocycles. The molecule has 0 saturated heterocycles. The van der Waals surface area contributed by atoms with Gasteiger partial charge in [-0.25, -0.2) is 0 Å². The third-order valence-electron chi connectivity index (χ3n) is 6.84. The van der Waals surface area contributed by atoms with Gasteiger partial charge in [-0.3, -0.25) is 14.4 Å². The first-order valence-electron chi connectivity index (χ1n) is 13.1. The van der Waals surface area contributed by atoms with Gasteiger partial charge < -0.3 is 14.8 Å². The molecule has 2 aliphatic carbocycles. The highest BCUT2D eigenvalue weighted by Gasteiger charge is 2.27. The molecule has 0 radical (unpaired) electrons. The van der Waals surface area contributed by atoms with Gasteiger partial charge in [0.25, 0.3) is 0 Å². The molecule has 1 N–H and O–H groups in total. The highest BCUT2D eigenvalue weighted by molar-refractivity contribution is 5.98. The Morgan fingerprint density at radius 1 is 0.765 bits per heavy atom. The number of ether oxygens (including phenoxy) is 2. The lowest BCUT2D eigenvalue weighted by Gasteiger charge is -2.20. The van der Waals surface area contributed by atoms with E-state index in [2.05, 4.69) is 5.32 Å². The third-order valence-corrected chi connectivity index (χ3v) is 6.84. The molecule has 1 aromatic rings. The van der Waals surface area contributed by atoms with Crippen LogP contribution in [-0.2, 0) is 9.59 Å². The van der Waals surface area contributed by atoms with Gasteiger partial charge in [0.05, 0.1) is 18.4 Å². The highest BCUT2D eigenvalue weighted by Crippen LogP contribution is 2.33. The fourth-order valence-electron chi connectivity index (χ4n) is 4.71. The van der Waals surface area contributed by atoms with Crippen molar-refractivity contribution >= 4 is 17.7 Å². The molecule has 1 aromatic carbocycles. The smallest absolute Gasteiger partial charge is 0.314 e. The Hall–Kier alpha value is -2.21. The number of hydrogen-bond acceptors (Lipinski definition) is 6. The van der Waals surface area contributed by atoms with E-state index in [0.717, 1.165) is 77.0 Å². The minimum absolute atomic E-state index is 0.108. The second-order valence-corrected chi connectivity index (χ2v) is 10.9. The summed E-state index contributed by atoms with van der Waals surface area (Å²) in [5.41, 5.74) is 0.230. The topological polar surface area (TPSA) is 81.7 Å². The van der Waals surface area contributed by atoms with E-state index >= 15 is 0 Å². The molecule has 0 unspecified atom stereocenters. The Morgan fingerprint density at radius 3 is 1.71 bits per heavy atom. The maximum Gasteiger partial charge on any atom is 0.314 e. The minimum atomic E-state index is -0.300. The van der Waals surface area contributed by atoms with Gasteiger partial charge in [0, 0.05) is 11.1 Å². The first kappa shape index (κ1) is 26.4. The van der Waals surface area contributed by atoms with Crippen LogP contribution in [0.15, 0.2) is 18.2 Å². The number of benzene rings is 1. The van der Waals surface area contributed by atoms with Crippen LogP contribution in [0.5, 0.6) is 11.5 Å². The number of rotatable bonds is 7. The summed E-state index contributed by atoms with van der Waals surface area (Å²) in [4.78, 5) is 38.7. The standard InChI is InChI=1S/C28H41NO5/c1-28(2,3)29-19-23(30)22-16-17-24(33-26(31)20-12-8-4-5-9-13-20)25(18-22)34-27(32)21-14-10-6-7-11-15-21/h16-18,20-21,29H,4-15,19H2,1-3H3. The van der Waals surface area contributed by atoms with Crippen LogP contribution in [0.4, 0.5) is 0 Å². The van der Waals surface area contributed by atoms with Crippen LogP contribution >= 0.6 is 0 Å². The lowest BCUT2D eigenvalue weighted by molar-refractivity contribution is -0.142. The summed E-state index contributed by atoms with van der Waals surface area (Å²) in [6, 6.07) is 4.79. The molecular weight excluding hydrogens is 430 g/mol. The first-order chi connectivity index (χ1) is 16.2. The molecule has 6 heteroatoms. The molecule has 0 aliphatic heterocycles. The van der Waals surface area contributed by atoms with Crippen molar-refractivity contribution < 1.29 is 23.9 Å². The van der Waals surface area contributed by atoms with Crippen molar-refractivity contribution in [2.24, 2.45) is 11.8 Å². The Bertz CT molecular complexity index is 841. The van der Waals surface area contributed by atoms with Crippen molar-refractivity contribution in [3.8, 4) is 11.5 Å². The second kappa shape index (κ2) is 12.5. The molecule has 0 bridgehead atoms. The summed E-state index contributed by atoms with van der Waals surface area (Å²) in [6.45, 7) is 6.16. The van der Waals surface area contributed by atoms with Gasteiger partial charge in [-0.15, -0.1) is 0 Å². The van der Waals surface area contributed by atoms with Gasteiger partial charge in [0.15, 0.2) is 17.3 Å². The summed E-state index contributed by atoms with van der Waals surface area (Å²) < 4.78 is 11.6. The number of ketones is 1. The molecule has 6 nitrogen and oxygen atoms in total. The minimum Gasteiger partial charge on any atom is -0.422 e. The number of Topliss-reactive ketones (excluding diaryl/α,β-unsaturated/α-hetero) is 1. The van der Waals surface area contributed by atoms with Gasteiger partial charge >= 0.3 is 11.9 Å². The van der Waals surface area contributed by atoms with Crippen LogP contribution < -0.4 is 14.8 Å². The number of carbonyl (C=O) groups excluding carboxylic acids is 3. The lowest BCUT2D eigenvalue weighted by Crippen LogP contribution is -2.39. The zero-order valence-corrected chi connectivity index (χ0v) is 21.1. The monoisotopic (exact) mass is 471 g/mol. The zero-order valence-electron chi connectivity index (χ0n) is 21.1. The Balaban J connectivity index is 1.79. The first-order valence-corrected chi connectivity index (χ1v) is 13.1. The molecular formula is C28H41NO5. The van der Waals surface area contributed by atoms with Gasteiger partial charge in [0.1, 0.15) is 0 Å². The molecule has 2 aliphatic rings. The summed E-state index contributed by atoms with van der Waals surface area (Å²) in [7, 11) is 0. The number of carbonyl (C=O) groups is 3. The van der Waals surface area contributed by atoms with Crippen molar-refractivity contribution in [2.75, 3.05) is 6.54 Å². The van der Waals surface area contributed by atoms with E-state index in [4.69, 9.17) is 9.47 Å². The van der Waals surface area contributed by atoms with Crippen molar-refractivity contribution in [1.82, 2.24) is 5.32 Å². The molecule has 0 amide bonds. The fraction of sp³-hybridized carbons (Fsp3) is 0.679. The van der Waals surface area contributed by atoms with E-state index in [9.17, 15) is 14.4 Å². The molecule has 2 fully saturated rings. The average Bonchev–Trinajstić information content (AvgIpc) is 3.23. The maximum atomic E-state index is 13.0. The van der Waals surface area contributed by atoms with Gasteiger partial charge in [0.2, 0.25) is 0 Å². The lowest BCUT2D eigenvalue weighted by atomic mass is 10.0. The Morgan fingerprint density at radius 2 is 1.24 bits per heavy atom. The summed E-state index contributed by atoms with van der Waals surface area (Å²) in [6.07, 6.45) is 11.9. The van der Waals surface area contributed by atoms with E-state index in [1.807, 2.05) is 20.8 Å². The normalized spacial score (nSPS) is 18.6. The molecule has 0 aromatic heterocycles.